The maximum atomic E-state index is 10.3. The highest BCUT2D eigenvalue weighted by Gasteiger charge is 2.39. The Morgan fingerprint density at radius 3 is 1.75 bits per heavy atom. The monoisotopic (exact) mass is 172 g/mol. The molecule has 1 aliphatic heterocycles. The van der Waals surface area contributed by atoms with Crippen molar-refractivity contribution in [3.8, 4) is 0 Å². The summed E-state index contributed by atoms with van der Waals surface area (Å²) in [5.41, 5.74) is -0.181. The largest absolute Gasteiger partial charge is 0.464 e. The van der Waals surface area contributed by atoms with Gasteiger partial charge in [0.05, 0.1) is 5.41 Å². The van der Waals surface area contributed by atoms with Gasteiger partial charge in [-0.25, -0.2) is 4.79 Å². The molecule has 0 atom stereocenters. The Morgan fingerprint density at radius 1 is 1.50 bits per heavy atom. The molecule has 0 N–H and O–H groups in total. The van der Waals surface area contributed by atoms with E-state index in [2.05, 4.69) is 11.3 Å². The first-order chi connectivity index (χ1) is 5.54. The van der Waals surface area contributed by atoms with Crippen molar-refractivity contribution in [3.05, 3.63) is 6.58 Å². The van der Waals surface area contributed by atoms with Crippen molar-refractivity contribution in [2.45, 2.75) is 13.8 Å². The van der Waals surface area contributed by atoms with Crippen LogP contribution in [-0.4, -0.2) is 25.3 Å². The van der Waals surface area contributed by atoms with Crippen LogP contribution in [0.3, 0.4) is 0 Å². The summed E-state index contributed by atoms with van der Waals surface area (Å²) in [6.45, 7) is 9.02. The molecule has 0 bridgehead atoms. The minimum Gasteiger partial charge on any atom is -0.464 e. The topological polar surface area (TPSA) is 60.4 Å². The molecular formula is C8H12O4. The molecule has 0 saturated carbocycles. The Hall–Kier alpha value is -1.41. The number of carbonyl (C=O) groups is 2. The molecule has 1 saturated heterocycles. The Labute approximate surface area is 71.2 Å². The molecule has 0 spiro atoms. The number of esters is 1. The lowest BCUT2D eigenvalue weighted by Crippen LogP contribution is -2.42. The second kappa shape index (κ2) is 6.31. The molecule has 0 amide bonds. The van der Waals surface area contributed by atoms with Gasteiger partial charge >= 0.3 is 5.97 Å². The van der Waals surface area contributed by atoms with Crippen molar-refractivity contribution in [2.75, 3.05) is 6.61 Å². The molecule has 4 heteroatoms. The number of rotatable bonds is 0. The van der Waals surface area contributed by atoms with E-state index in [0.29, 0.717) is 6.61 Å². The molecule has 0 aromatic rings. The minimum absolute atomic E-state index is 0.0764. The highest BCUT2D eigenvalue weighted by molar-refractivity contribution is 5.80. The number of ether oxygens (including phenoxy) is 1. The highest BCUT2D eigenvalue weighted by Crippen LogP contribution is 2.26. The molecule has 1 heterocycles. The third-order valence-electron chi connectivity index (χ3n) is 1.12. The van der Waals surface area contributed by atoms with Gasteiger partial charge in [0.1, 0.15) is 19.3 Å². The van der Waals surface area contributed by atoms with E-state index in [1.807, 2.05) is 20.6 Å². The Morgan fingerprint density at radius 2 is 1.75 bits per heavy atom. The van der Waals surface area contributed by atoms with E-state index in [-0.39, 0.29) is 11.4 Å². The molecule has 0 aliphatic carbocycles. The SMILES string of the molecule is C=C=O.C=O.CC1(C)COC1=O. The second-order valence-electron chi connectivity index (χ2n) is 2.60. The number of carbonyl (C=O) groups excluding carboxylic acids is 3. The summed E-state index contributed by atoms with van der Waals surface area (Å²) in [5, 5.41) is 0. The molecule has 4 nitrogen and oxygen atoms in total. The Kier molecular flexibility index (Phi) is 6.94. The van der Waals surface area contributed by atoms with Crippen molar-refractivity contribution in [1.82, 2.24) is 0 Å². The zero-order valence-corrected chi connectivity index (χ0v) is 7.25. The fourth-order valence-corrected chi connectivity index (χ4v) is 0.420. The van der Waals surface area contributed by atoms with Gasteiger partial charge in [0, 0.05) is 0 Å². The van der Waals surface area contributed by atoms with Crippen molar-refractivity contribution in [1.29, 1.82) is 0 Å². The average molecular weight is 172 g/mol. The summed E-state index contributed by atoms with van der Waals surface area (Å²) in [6, 6.07) is 0. The Balaban J connectivity index is 0. The van der Waals surface area contributed by atoms with Crippen LogP contribution in [0, 0.1) is 5.41 Å². The van der Waals surface area contributed by atoms with Gasteiger partial charge in [-0.2, -0.15) is 0 Å². The predicted octanol–water partition coefficient (Wildman–Crippen LogP) is 0.388. The van der Waals surface area contributed by atoms with Crippen LogP contribution >= 0.6 is 0 Å². The maximum Gasteiger partial charge on any atom is 0.315 e. The fourth-order valence-electron chi connectivity index (χ4n) is 0.420. The van der Waals surface area contributed by atoms with Crippen LogP contribution in [0.1, 0.15) is 13.8 Å². The summed E-state index contributed by atoms with van der Waals surface area (Å²) in [6.07, 6.45) is 0. The second-order valence-corrected chi connectivity index (χ2v) is 2.60. The quantitative estimate of drug-likeness (QED) is 0.391. The molecule has 1 rings (SSSR count). The molecule has 1 fully saturated rings. The summed E-state index contributed by atoms with van der Waals surface area (Å²) in [4.78, 5) is 26.9. The third kappa shape index (κ3) is 4.41. The molecule has 0 unspecified atom stereocenters. The maximum absolute atomic E-state index is 10.3. The molecule has 1 aliphatic rings. The van der Waals surface area contributed by atoms with Gasteiger partial charge < -0.3 is 9.53 Å². The van der Waals surface area contributed by atoms with E-state index < -0.39 is 0 Å². The van der Waals surface area contributed by atoms with Crippen molar-refractivity contribution < 1.29 is 19.1 Å². The van der Waals surface area contributed by atoms with Gasteiger partial charge in [0.15, 0.2) is 0 Å². The third-order valence-corrected chi connectivity index (χ3v) is 1.12. The lowest BCUT2D eigenvalue weighted by Gasteiger charge is -2.31. The van der Waals surface area contributed by atoms with Gasteiger partial charge in [0.25, 0.3) is 0 Å². The van der Waals surface area contributed by atoms with Crippen LogP contribution in [0.25, 0.3) is 0 Å². The molecule has 0 radical (unpaired) electrons. The van der Waals surface area contributed by atoms with Crippen LogP contribution < -0.4 is 0 Å². The summed E-state index contributed by atoms with van der Waals surface area (Å²) in [7, 11) is 0. The van der Waals surface area contributed by atoms with Gasteiger partial charge in [0.2, 0.25) is 0 Å². The first-order valence-corrected chi connectivity index (χ1v) is 3.15. The lowest BCUT2D eigenvalue weighted by molar-refractivity contribution is -0.180. The van der Waals surface area contributed by atoms with Gasteiger partial charge in [-0.15, -0.1) is 0 Å². The summed E-state index contributed by atoms with van der Waals surface area (Å²) >= 11 is 0. The number of hydrogen-bond donors (Lipinski definition) is 0. The predicted molar refractivity (Wildman–Crippen MR) is 43.2 cm³/mol. The molecule has 68 valence electrons. The number of cyclic esters (lactones) is 1. The van der Waals surface area contributed by atoms with Crippen molar-refractivity contribution >= 4 is 18.7 Å². The normalized spacial score (nSPS) is 16.0. The van der Waals surface area contributed by atoms with Crippen LogP contribution in [0.4, 0.5) is 0 Å². The molecule has 0 aromatic heterocycles. The van der Waals surface area contributed by atoms with Crippen molar-refractivity contribution in [3.63, 3.8) is 0 Å². The van der Waals surface area contributed by atoms with Crippen molar-refractivity contribution in [2.24, 2.45) is 5.41 Å². The summed E-state index contributed by atoms with van der Waals surface area (Å²) in [5.74, 6) is 1.17. The smallest absolute Gasteiger partial charge is 0.315 e. The Bertz CT molecular complexity index is 177. The van der Waals surface area contributed by atoms with E-state index in [1.165, 1.54) is 5.94 Å². The number of hydrogen-bond acceptors (Lipinski definition) is 4. The van der Waals surface area contributed by atoms with Gasteiger partial charge in [-0.05, 0) is 20.4 Å². The van der Waals surface area contributed by atoms with E-state index in [4.69, 9.17) is 9.59 Å². The van der Waals surface area contributed by atoms with E-state index in [9.17, 15) is 4.79 Å². The molecule has 0 aromatic carbocycles. The summed E-state index contributed by atoms with van der Waals surface area (Å²) < 4.78 is 4.51. The zero-order chi connectivity index (χ0) is 10.2. The first-order valence-electron chi connectivity index (χ1n) is 3.15. The van der Waals surface area contributed by atoms with Gasteiger partial charge in [-0.3, -0.25) is 4.79 Å². The zero-order valence-electron chi connectivity index (χ0n) is 7.25. The highest BCUT2D eigenvalue weighted by atomic mass is 16.6. The van der Waals surface area contributed by atoms with E-state index >= 15 is 0 Å². The average Bonchev–Trinajstić information content (AvgIpc) is 2.07. The lowest BCUT2D eigenvalue weighted by atomic mass is 9.91. The van der Waals surface area contributed by atoms with Crippen LogP contribution in [0.5, 0.6) is 0 Å². The van der Waals surface area contributed by atoms with Gasteiger partial charge in [-0.1, -0.05) is 0 Å². The van der Waals surface area contributed by atoms with E-state index in [0.717, 1.165) is 0 Å². The fraction of sp³-hybridized carbons (Fsp3) is 0.500. The molecular weight excluding hydrogens is 160 g/mol. The van der Waals surface area contributed by atoms with Crippen LogP contribution in [0.15, 0.2) is 6.58 Å². The van der Waals surface area contributed by atoms with Crippen LogP contribution in [-0.2, 0) is 19.1 Å². The van der Waals surface area contributed by atoms with Crippen LogP contribution in [0.2, 0.25) is 0 Å². The standard InChI is InChI=1S/C5H8O2.C2H2O.CH2O/c1-5(2)3-7-4(5)6;1-2-3;1-2/h3H2,1-2H3;1H2;1H2. The molecule has 12 heavy (non-hydrogen) atoms. The van der Waals surface area contributed by atoms with E-state index in [1.54, 1.807) is 0 Å². The first kappa shape index (κ1) is 13.2. The minimum atomic E-state index is -0.181.